The van der Waals surface area contributed by atoms with E-state index in [0.29, 0.717) is 49.4 Å². The van der Waals surface area contributed by atoms with Gasteiger partial charge in [0.1, 0.15) is 23.6 Å². The lowest BCUT2D eigenvalue weighted by atomic mass is 9.82. The minimum absolute atomic E-state index is 0.00362. The molecule has 1 amide bonds. The SMILES string of the molecule is COc1ccc2c(c1)OC1(CCN(C(=O)Cn3c(C)cc(=O)cc3C)CC1)CC2=O. The van der Waals surface area contributed by atoms with E-state index in [1.807, 2.05) is 23.3 Å². The molecular weight excluding hydrogens is 384 g/mol. The molecule has 0 atom stereocenters. The van der Waals surface area contributed by atoms with Gasteiger partial charge in [-0.2, -0.15) is 0 Å². The number of hydrogen-bond donors (Lipinski definition) is 0. The third-order valence-corrected chi connectivity index (χ3v) is 6.17. The number of rotatable bonds is 3. The van der Waals surface area contributed by atoms with Crippen molar-refractivity contribution >= 4 is 11.7 Å². The van der Waals surface area contributed by atoms with E-state index in [0.717, 1.165) is 11.4 Å². The second kappa shape index (κ2) is 7.63. The number of amides is 1. The number of hydrogen-bond acceptors (Lipinski definition) is 5. The molecule has 3 heterocycles. The second-order valence-corrected chi connectivity index (χ2v) is 8.19. The number of nitrogens with zero attached hydrogens (tertiary/aromatic N) is 2. The molecule has 0 N–H and O–H groups in total. The lowest BCUT2D eigenvalue weighted by molar-refractivity contribution is -0.135. The van der Waals surface area contributed by atoms with Crippen LogP contribution in [0.5, 0.6) is 11.5 Å². The second-order valence-electron chi connectivity index (χ2n) is 8.19. The van der Waals surface area contributed by atoms with Crippen LogP contribution in [-0.2, 0) is 11.3 Å². The number of carbonyl (C=O) groups is 2. The molecule has 2 aromatic rings. The Morgan fingerprint density at radius 2 is 1.77 bits per heavy atom. The molecule has 1 saturated heterocycles. The van der Waals surface area contributed by atoms with E-state index in [4.69, 9.17) is 9.47 Å². The standard InChI is InChI=1S/C23H26N2O5/c1-15-10-17(26)11-16(2)25(15)14-22(28)24-8-6-23(7-9-24)13-20(27)19-5-4-18(29-3)12-21(19)30-23/h4-5,10-12H,6-9,13-14H2,1-3H3. The molecule has 0 aliphatic carbocycles. The quantitative estimate of drug-likeness (QED) is 0.777. The Morgan fingerprint density at radius 3 is 2.40 bits per heavy atom. The lowest BCUT2D eigenvalue weighted by Gasteiger charge is -2.44. The number of piperidine rings is 1. The molecule has 7 nitrogen and oxygen atoms in total. The van der Waals surface area contributed by atoms with Crippen molar-refractivity contribution in [1.29, 1.82) is 0 Å². The zero-order valence-corrected chi connectivity index (χ0v) is 17.6. The topological polar surface area (TPSA) is 77.8 Å². The molecule has 7 heteroatoms. The minimum atomic E-state index is -0.573. The lowest BCUT2D eigenvalue weighted by Crippen LogP contribution is -2.52. The van der Waals surface area contributed by atoms with E-state index in [2.05, 4.69) is 0 Å². The molecule has 1 fully saturated rings. The maximum Gasteiger partial charge on any atom is 0.242 e. The van der Waals surface area contributed by atoms with Crippen LogP contribution in [0.4, 0.5) is 0 Å². The molecule has 1 aromatic heterocycles. The summed E-state index contributed by atoms with van der Waals surface area (Å²) in [5.41, 5.74) is 1.51. The van der Waals surface area contributed by atoms with Crippen LogP contribution >= 0.6 is 0 Å². The first-order valence-electron chi connectivity index (χ1n) is 10.2. The Morgan fingerprint density at radius 1 is 1.10 bits per heavy atom. The van der Waals surface area contributed by atoms with Gasteiger partial charge in [0.2, 0.25) is 5.91 Å². The van der Waals surface area contributed by atoms with Crippen LogP contribution in [0.1, 0.15) is 41.0 Å². The van der Waals surface area contributed by atoms with Gasteiger partial charge in [0.15, 0.2) is 11.2 Å². The molecule has 158 valence electrons. The van der Waals surface area contributed by atoms with Crippen LogP contribution in [-0.4, -0.2) is 47.0 Å². The van der Waals surface area contributed by atoms with Crippen molar-refractivity contribution < 1.29 is 19.1 Å². The van der Waals surface area contributed by atoms with Crippen molar-refractivity contribution in [3.8, 4) is 11.5 Å². The Balaban J connectivity index is 1.45. The highest BCUT2D eigenvalue weighted by molar-refractivity contribution is 6.00. The van der Waals surface area contributed by atoms with Crippen LogP contribution in [0, 0.1) is 13.8 Å². The predicted octanol–water partition coefficient (Wildman–Crippen LogP) is 2.50. The monoisotopic (exact) mass is 410 g/mol. The third kappa shape index (κ3) is 3.72. The highest BCUT2D eigenvalue weighted by Crippen LogP contribution is 2.40. The van der Waals surface area contributed by atoms with E-state index in [1.54, 1.807) is 37.4 Å². The summed E-state index contributed by atoms with van der Waals surface area (Å²) in [6.07, 6.45) is 1.53. The van der Waals surface area contributed by atoms with Crippen molar-refractivity contribution in [2.75, 3.05) is 20.2 Å². The van der Waals surface area contributed by atoms with Gasteiger partial charge in [0, 0.05) is 55.5 Å². The molecule has 0 radical (unpaired) electrons. The number of Topliss-reactive ketones (excluding diaryl/α,β-unsaturated/α-hetero) is 1. The van der Waals surface area contributed by atoms with E-state index < -0.39 is 5.60 Å². The smallest absolute Gasteiger partial charge is 0.242 e. The number of fused-ring (bicyclic) bond motifs is 1. The number of pyridine rings is 1. The number of methoxy groups -OCH3 is 1. The predicted molar refractivity (Wildman–Crippen MR) is 111 cm³/mol. The van der Waals surface area contributed by atoms with Crippen LogP contribution in [0.15, 0.2) is 35.1 Å². The largest absolute Gasteiger partial charge is 0.497 e. The number of benzene rings is 1. The van der Waals surface area contributed by atoms with Crippen molar-refractivity contribution in [2.45, 2.75) is 45.3 Å². The number of ether oxygens (including phenoxy) is 2. The summed E-state index contributed by atoms with van der Waals surface area (Å²) in [6, 6.07) is 8.35. The molecule has 1 spiro atoms. The molecule has 2 aliphatic heterocycles. The third-order valence-electron chi connectivity index (χ3n) is 6.17. The van der Waals surface area contributed by atoms with Gasteiger partial charge in [-0.05, 0) is 26.0 Å². The molecule has 2 aliphatic rings. The first-order chi connectivity index (χ1) is 14.3. The van der Waals surface area contributed by atoms with Crippen molar-refractivity contribution in [2.24, 2.45) is 0 Å². The summed E-state index contributed by atoms with van der Waals surface area (Å²) < 4.78 is 13.4. The number of likely N-dealkylation sites (tertiary alicyclic amines) is 1. The van der Waals surface area contributed by atoms with Crippen LogP contribution in [0.25, 0.3) is 0 Å². The van der Waals surface area contributed by atoms with Gasteiger partial charge in [0.05, 0.1) is 19.1 Å². The molecule has 0 bridgehead atoms. The molecule has 4 rings (SSSR count). The average molecular weight is 410 g/mol. The fourth-order valence-electron chi connectivity index (χ4n) is 4.42. The fraction of sp³-hybridized carbons (Fsp3) is 0.435. The number of aryl methyl sites for hydroxylation is 2. The van der Waals surface area contributed by atoms with Crippen LogP contribution in [0.3, 0.4) is 0 Å². The molecule has 0 unspecified atom stereocenters. The Bertz CT molecular complexity index is 1040. The first kappa shape index (κ1) is 20.2. The van der Waals surface area contributed by atoms with Gasteiger partial charge in [0.25, 0.3) is 0 Å². The van der Waals surface area contributed by atoms with Crippen molar-refractivity contribution in [3.05, 3.63) is 57.5 Å². The van der Waals surface area contributed by atoms with Crippen LogP contribution in [0.2, 0.25) is 0 Å². The molecular formula is C23H26N2O5. The highest BCUT2D eigenvalue weighted by Gasteiger charge is 2.43. The number of ketones is 1. The highest BCUT2D eigenvalue weighted by atomic mass is 16.5. The summed E-state index contributed by atoms with van der Waals surface area (Å²) in [5, 5.41) is 0. The molecule has 1 aromatic carbocycles. The van der Waals surface area contributed by atoms with Gasteiger partial charge in [-0.15, -0.1) is 0 Å². The first-order valence-corrected chi connectivity index (χ1v) is 10.2. The maximum absolute atomic E-state index is 12.9. The number of carbonyl (C=O) groups excluding carboxylic acids is 2. The van der Waals surface area contributed by atoms with Gasteiger partial charge in [-0.25, -0.2) is 0 Å². The summed E-state index contributed by atoms with van der Waals surface area (Å²) in [6.45, 7) is 4.93. The van der Waals surface area contributed by atoms with Crippen molar-refractivity contribution in [3.63, 3.8) is 0 Å². The summed E-state index contributed by atoms with van der Waals surface area (Å²) in [4.78, 5) is 39.0. The summed E-state index contributed by atoms with van der Waals surface area (Å²) in [5.74, 6) is 1.28. The van der Waals surface area contributed by atoms with E-state index in [9.17, 15) is 14.4 Å². The zero-order valence-electron chi connectivity index (χ0n) is 17.6. The maximum atomic E-state index is 12.9. The van der Waals surface area contributed by atoms with Gasteiger partial charge in [-0.1, -0.05) is 0 Å². The van der Waals surface area contributed by atoms with Gasteiger partial charge < -0.3 is 18.9 Å². The normalized spacial score (nSPS) is 17.4. The van der Waals surface area contributed by atoms with Gasteiger partial charge in [-0.3, -0.25) is 14.4 Å². The summed E-state index contributed by atoms with van der Waals surface area (Å²) >= 11 is 0. The van der Waals surface area contributed by atoms with E-state index >= 15 is 0 Å². The van der Waals surface area contributed by atoms with E-state index in [1.165, 1.54) is 0 Å². The van der Waals surface area contributed by atoms with Crippen LogP contribution < -0.4 is 14.9 Å². The molecule has 30 heavy (non-hydrogen) atoms. The van der Waals surface area contributed by atoms with Crippen molar-refractivity contribution in [1.82, 2.24) is 9.47 Å². The average Bonchev–Trinajstić information content (AvgIpc) is 2.70. The Hall–Kier alpha value is -3.09. The summed E-state index contributed by atoms with van der Waals surface area (Å²) in [7, 11) is 1.58. The Kier molecular flexibility index (Phi) is 5.13. The zero-order chi connectivity index (χ0) is 21.5. The minimum Gasteiger partial charge on any atom is -0.497 e. The number of aromatic nitrogens is 1. The van der Waals surface area contributed by atoms with Gasteiger partial charge >= 0.3 is 0 Å². The fourth-order valence-corrected chi connectivity index (χ4v) is 4.42. The Labute approximate surface area is 175 Å². The molecule has 0 saturated carbocycles. The van der Waals surface area contributed by atoms with E-state index in [-0.39, 0.29) is 23.7 Å².